The maximum Gasteiger partial charge on any atom is 0.183 e. The molecule has 3 rings (SSSR count). The first-order valence-corrected chi connectivity index (χ1v) is 3.65. The Labute approximate surface area is 59.0 Å². The second-order valence-electron chi connectivity index (χ2n) is 3.16. The van der Waals surface area contributed by atoms with Gasteiger partial charge >= 0.3 is 0 Å². The molecule has 0 N–H and O–H groups in total. The summed E-state index contributed by atoms with van der Waals surface area (Å²) in [5, 5.41) is 0. The van der Waals surface area contributed by atoms with E-state index < -0.39 is 5.67 Å². The molecule has 0 aromatic carbocycles. The van der Waals surface area contributed by atoms with Crippen molar-refractivity contribution in [3.05, 3.63) is 0 Å². The summed E-state index contributed by atoms with van der Waals surface area (Å²) in [5.41, 5.74) is -1.44. The minimum Gasteiger partial charge on any atom is -0.296 e. The third-order valence-corrected chi connectivity index (χ3v) is 2.52. The van der Waals surface area contributed by atoms with Crippen LogP contribution in [0.2, 0.25) is 0 Å². The van der Waals surface area contributed by atoms with Crippen LogP contribution in [0.5, 0.6) is 0 Å². The van der Waals surface area contributed by atoms with Crippen LogP contribution in [0.15, 0.2) is 0 Å². The molecule has 0 saturated carbocycles. The molecule has 0 aliphatic carbocycles. The molecule has 3 heterocycles. The molecule has 3 fully saturated rings. The number of hydrogen-bond donors (Lipinski definition) is 0. The third kappa shape index (κ3) is 0.700. The molecule has 0 atom stereocenters. The van der Waals surface area contributed by atoms with E-state index in [0.717, 1.165) is 13.1 Å². The van der Waals surface area contributed by atoms with E-state index >= 15 is 0 Å². The Morgan fingerprint density at radius 2 is 2.00 bits per heavy atom. The summed E-state index contributed by atoms with van der Waals surface area (Å²) in [6.45, 7) is 1.88. The van der Waals surface area contributed by atoms with E-state index in [1.807, 2.05) is 4.90 Å². The van der Waals surface area contributed by atoms with Crippen LogP contribution in [0.3, 0.4) is 0 Å². The van der Waals surface area contributed by atoms with Crippen LogP contribution in [0.1, 0.15) is 12.8 Å². The summed E-state index contributed by atoms with van der Waals surface area (Å²) in [5.74, 6) is -0.204. The summed E-state index contributed by atoms with van der Waals surface area (Å²) in [4.78, 5) is 13.0. The van der Waals surface area contributed by atoms with Crippen LogP contribution >= 0.6 is 0 Å². The molecule has 3 aliphatic heterocycles. The topological polar surface area (TPSA) is 20.3 Å². The van der Waals surface area contributed by atoms with Crippen LogP contribution in [-0.2, 0) is 4.79 Å². The second kappa shape index (κ2) is 1.78. The van der Waals surface area contributed by atoms with Crippen molar-refractivity contribution in [2.24, 2.45) is 0 Å². The van der Waals surface area contributed by atoms with Gasteiger partial charge in [-0.15, -0.1) is 0 Å². The highest BCUT2D eigenvalue weighted by Crippen LogP contribution is 2.32. The molecule has 56 valence electrons. The Bertz CT molecular complexity index is 172. The molecular weight excluding hydrogens is 133 g/mol. The number of carbonyl (C=O) groups excluding carboxylic acids is 1. The largest absolute Gasteiger partial charge is 0.296 e. The van der Waals surface area contributed by atoms with Crippen molar-refractivity contribution in [3.8, 4) is 0 Å². The molecule has 3 saturated heterocycles. The number of halogens is 1. The van der Waals surface area contributed by atoms with E-state index in [1.54, 1.807) is 0 Å². The van der Waals surface area contributed by atoms with Crippen molar-refractivity contribution in [2.75, 3.05) is 19.6 Å². The fourth-order valence-corrected chi connectivity index (χ4v) is 1.69. The van der Waals surface area contributed by atoms with Gasteiger partial charge in [0.25, 0.3) is 0 Å². The first-order valence-electron chi connectivity index (χ1n) is 3.65. The van der Waals surface area contributed by atoms with Gasteiger partial charge in [-0.25, -0.2) is 4.39 Å². The van der Waals surface area contributed by atoms with Gasteiger partial charge in [-0.2, -0.15) is 0 Å². The Hall–Kier alpha value is -0.440. The zero-order valence-corrected chi connectivity index (χ0v) is 5.77. The Kier molecular flexibility index (Phi) is 1.12. The molecule has 0 unspecified atom stereocenters. The molecule has 2 nitrogen and oxygen atoms in total. The quantitative estimate of drug-likeness (QED) is 0.488. The Morgan fingerprint density at radius 1 is 1.40 bits per heavy atom. The van der Waals surface area contributed by atoms with Crippen LogP contribution in [-0.4, -0.2) is 36.0 Å². The Balaban J connectivity index is 2.25. The number of ketones is 1. The van der Waals surface area contributed by atoms with Crippen LogP contribution < -0.4 is 0 Å². The lowest BCUT2D eigenvalue weighted by Gasteiger charge is -2.41. The molecule has 3 aliphatic rings. The Morgan fingerprint density at radius 3 is 2.30 bits per heavy atom. The number of piperidine rings is 3. The van der Waals surface area contributed by atoms with E-state index in [9.17, 15) is 9.18 Å². The van der Waals surface area contributed by atoms with Gasteiger partial charge in [0.15, 0.2) is 11.5 Å². The van der Waals surface area contributed by atoms with Crippen molar-refractivity contribution in [2.45, 2.75) is 18.5 Å². The molecule has 0 spiro atoms. The molecule has 2 bridgehead atoms. The van der Waals surface area contributed by atoms with Crippen LogP contribution in [0.25, 0.3) is 0 Å². The number of Topliss-reactive ketones (excluding diaryl/α,β-unsaturated/α-hetero) is 1. The standard InChI is InChI=1S/C7H10FNO/c8-7-1-3-9(4-2-7)5-6(7)10/h1-5H2. The highest BCUT2D eigenvalue weighted by molar-refractivity contribution is 5.90. The summed E-state index contributed by atoms with van der Waals surface area (Å²) in [6.07, 6.45) is 0.845. The minimum atomic E-state index is -1.44. The monoisotopic (exact) mass is 143 g/mol. The zero-order valence-electron chi connectivity index (χ0n) is 5.77. The number of hydrogen-bond acceptors (Lipinski definition) is 2. The lowest BCUT2D eigenvalue weighted by molar-refractivity contribution is -0.142. The van der Waals surface area contributed by atoms with E-state index in [2.05, 4.69) is 0 Å². The van der Waals surface area contributed by atoms with Gasteiger partial charge < -0.3 is 0 Å². The molecule has 0 radical (unpaired) electrons. The zero-order chi connectivity index (χ0) is 7.19. The van der Waals surface area contributed by atoms with Crippen molar-refractivity contribution in [3.63, 3.8) is 0 Å². The lowest BCUT2D eigenvalue weighted by Crippen LogP contribution is -2.56. The van der Waals surface area contributed by atoms with Crippen molar-refractivity contribution >= 4 is 5.78 Å². The van der Waals surface area contributed by atoms with Gasteiger partial charge in [-0.1, -0.05) is 0 Å². The van der Waals surface area contributed by atoms with Crippen molar-refractivity contribution in [1.29, 1.82) is 0 Å². The predicted molar refractivity (Wildman–Crippen MR) is 34.5 cm³/mol. The first kappa shape index (κ1) is 6.28. The predicted octanol–water partition coefficient (Wildman–Crippen LogP) is 0.373. The van der Waals surface area contributed by atoms with Gasteiger partial charge in [-0.3, -0.25) is 9.69 Å². The summed E-state index contributed by atoms with van der Waals surface area (Å²) in [7, 11) is 0. The van der Waals surface area contributed by atoms with Crippen LogP contribution in [0.4, 0.5) is 4.39 Å². The van der Waals surface area contributed by atoms with E-state index in [4.69, 9.17) is 0 Å². The summed E-state index contributed by atoms with van der Waals surface area (Å²) in [6, 6.07) is 0. The second-order valence-corrected chi connectivity index (χ2v) is 3.16. The fourth-order valence-electron chi connectivity index (χ4n) is 1.69. The number of rotatable bonds is 0. The SMILES string of the molecule is O=C1CN2CCC1(F)CC2. The molecular formula is C7H10FNO. The smallest absolute Gasteiger partial charge is 0.183 e. The van der Waals surface area contributed by atoms with E-state index in [1.165, 1.54) is 0 Å². The summed E-state index contributed by atoms with van der Waals surface area (Å²) >= 11 is 0. The normalized spacial score (nSPS) is 46.1. The van der Waals surface area contributed by atoms with E-state index in [0.29, 0.717) is 19.4 Å². The van der Waals surface area contributed by atoms with E-state index in [-0.39, 0.29) is 5.78 Å². The number of fused-ring (bicyclic) bond motifs is 3. The van der Waals surface area contributed by atoms with Crippen molar-refractivity contribution < 1.29 is 9.18 Å². The summed E-state index contributed by atoms with van der Waals surface area (Å²) < 4.78 is 13.4. The van der Waals surface area contributed by atoms with Gasteiger partial charge in [-0.05, 0) is 0 Å². The van der Waals surface area contributed by atoms with Gasteiger partial charge in [0.1, 0.15) is 0 Å². The number of alkyl halides is 1. The molecule has 3 heteroatoms. The maximum atomic E-state index is 13.4. The van der Waals surface area contributed by atoms with Gasteiger partial charge in [0.2, 0.25) is 0 Å². The minimum absolute atomic E-state index is 0.204. The average Bonchev–Trinajstić information content (AvgIpc) is 1.92. The number of carbonyl (C=O) groups is 1. The third-order valence-electron chi connectivity index (χ3n) is 2.52. The lowest BCUT2D eigenvalue weighted by atomic mass is 9.84. The highest BCUT2D eigenvalue weighted by Gasteiger charge is 2.46. The first-order chi connectivity index (χ1) is 4.71. The fraction of sp³-hybridized carbons (Fsp3) is 0.857. The molecule has 0 aromatic heterocycles. The van der Waals surface area contributed by atoms with Crippen LogP contribution in [0, 0.1) is 0 Å². The highest BCUT2D eigenvalue weighted by atomic mass is 19.1. The molecule has 0 amide bonds. The van der Waals surface area contributed by atoms with Gasteiger partial charge in [0, 0.05) is 25.9 Å². The molecule has 10 heavy (non-hydrogen) atoms. The molecule has 0 aromatic rings. The van der Waals surface area contributed by atoms with Crippen molar-refractivity contribution in [1.82, 2.24) is 4.90 Å². The number of nitrogens with zero attached hydrogens (tertiary/aromatic N) is 1. The maximum absolute atomic E-state index is 13.4. The average molecular weight is 143 g/mol. The van der Waals surface area contributed by atoms with Gasteiger partial charge in [0.05, 0.1) is 6.54 Å².